The van der Waals surface area contributed by atoms with Gasteiger partial charge in [0, 0.05) is 17.5 Å². The first-order valence-electron chi connectivity index (χ1n) is 22.6. The number of rotatable bonds is 17. The van der Waals surface area contributed by atoms with Crippen LogP contribution in [0.4, 0.5) is 0 Å². The molecule has 0 saturated carbocycles. The Balaban J connectivity index is -0.000000431. The number of nitriles is 12. The molecule has 2 aromatic rings. The van der Waals surface area contributed by atoms with Gasteiger partial charge in [-0.05, 0) is 57.2 Å². The van der Waals surface area contributed by atoms with E-state index < -0.39 is 17.9 Å². The van der Waals surface area contributed by atoms with Crippen molar-refractivity contribution in [2.75, 3.05) is 52.9 Å². The molecule has 0 N–H and O–H groups in total. The predicted molar refractivity (Wildman–Crippen MR) is 279 cm³/mol. The maximum absolute atomic E-state index is 10.6. The second-order valence-electron chi connectivity index (χ2n) is 13.4. The minimum Gasteiger partial charge on any atom is -0.452 e. The molecule has 0 saturated heterocycles. The van der Waals surface area contributed by atoms with Crippen LogP contribution in [0.15, 0.2) is 36.4 Å². The van der Waals surface area contributed by atoms with Crippen molar-refractivity contribution >= 4 is 11.9 Å². The highest BCUT2D eigenvalue weighted by molar-refractivity contribution is 5.72. The Bertz CT molecular complexity index is 2930. The lowest BCUT2D eigenvalue weighted by atomic mass is 10.1. The van der Waals surface area contributed by atoms with Gasteiger partial charge in [0.1, 0.15) is 62.4 Å². The third kappa shape index (κ3) is 48.5. The van der Waals surface area contributed by atoms with E-state index in [1.807, 2.05) is 74.5 Å². The lowest BCUT2D eigenvalue weighted by molar-refractivity contribution is -0.142. The molecule has 0 aliphatic heterocycles. The van der Waals surface area contributed by atoms with Crippen molar-refractivity contribution in [2.24, 2.45) is 5.92 Å². The van der Waals surface area contributed by atoms with E-state index in [1.165, 1.54) is 12.1 Å². The first kappa shape index (κ1) is 74.0. The standard InChI is InChI=1S/C12H16N2O2.C10H8N2O4.C10H12N2O2.2C10H4N2.C7H6N2/c1-11(15-9-3-7-13)5-6-12(2)16-10-4-8-14;11-5-3-9(13)15-7-1-2-8-16-10(14)4-6-12;11-5-3-9-13-7-1-2-8-14-10-4-6-12;1-2-9-5-8(6-11)3-4-10(9)7-12;1-2-8-3-4-9(6-11)10(5-8)7-12;1-2-3-4-7(5-8)6-9/h11-12H,3-4,9-10H2,1-2H3;3-4,7-8H2;3-4,7-10H2;2*1,3-5H;7H,4H2,1H3. The van der Waals surface area contributed by atoms with Gasteiger partial charge in [-0.2, -0.15) is 63.1 Å². The summed E-state index contributed by atoms with van der Waals surface area (Å²) >= 11 is 0. The molecular weight excluding hydrogens is 1000 g/mol. The summed E-state index contributed by atoms with van der Waals surface area (Å²) in [4.78, 5) is 21.3. The second kappa shape index (κ2) is 57.4. The molecule has 0 aliphatic carbocycles. The van der Waals surface area contributed by atoms with E-state index in [2.05, 4.69) is 68.7 Å². The number of carbonyl (C=O) groups is 2. The molecule has 0 amide bonds. The summed E-state index contributed by atoms with van der Waals surface area (Å²) in [5.41, 5.74) is 2.67. The lowest BCUT2D eigenvalue weighted by Gasteiger charge is -2.06. The van der Waals surface area contributed by atoms with E-state index in [1.54, 1.807) is 43.3 Å². The third-order valence-corrected chi connectivity index (χ3v) is 7.67. The average molecular weight is 1060 g/mol. The lowest BCUT2D eigenvalue weighted by Crippen LogP contribution is -2.10. The van der Waals surface area contributed by atoms with Crippen molar-refractivity contribution in [3.8, 4) is 145 Å². The zero-order chi connectivity index (χ0) is 60.0. The fourth-order valence-electron chi connectivity index (χ4n) is 4.01. The number of benzene rings is 2. The van der Waals surface area contributed by atoms with Gasteiger partial charge in [-0.25, -0.2) is 0 Å². The van der Waals surface area contributed by atoms with Gasteiger partial charge in [-0.15, -0.1) is 24.7 Å². The number of terminal acetylenes is 2. The molecule has 2 aromatic carbocycles. The van der Waals surface area contributed by atoms with Crippen molar-refractivity contribution < 1.29 is 38.0 Å². The molecule has 20 heteroatoms. The van der Waals surface area contributed by atoms with E-state index in [0.717, 1.165) is 0 Å². The van der Waals surface area contributed by atoms with E-state index in [0.29, 0.717) is 105 Å². The summed E-state index contributed by atoms with van der Waals surface area (Å²) in [7, 11) is 0. The summed E-state index contributed by atoms with van der Waals surface area (Å²) in [5.74, 6) is 24.2. The first-order chi connectivity index (χ1) is 38.3. The molecule has 20 nitrogen and oxygen atoms in total. The van der Waals surface area contributed by atoms with Gasteiger partial charge in [-0.3, -0.25) is 9.59 Å². The summed E-state index contributed by atoms with van der Waals surface area (Å²) in [5, 5.41) is 99.9. The number of hydrogen-bond donors (Lipinski definition) is 0. The molecule has 0 spiro atoms. The second-order valence-corrected chi connectivity index (χ2v) is 13.4. The number of hydrogen-bond acceptors (Lipinski definition) is 20. The molecular formula is C59H50N12O8. The van der Waals surface area contributed by atoms with Crippen LogP contribution in [0.3, 0.4) is 0 Å². The van der Waals surface area contributed by atoms with E-state index in [4.69, 9.17) is 94.9 Å². The highest BCUT2D eigenvalue weighted by Crippen LogP contribution is 2.10. The van der Waals surface area contributed by atoms with Gasteiger partial charge in [0.15, 0.2) is 13.2 Å². The number of ether oxygens (including phenoxy) is 6. The normalized spacial score (nSPS) is 8.68. The van der Waals surface area contributed by atoms with Crippen molar-refractivity contribution in [1.82, 2.24) is 0 Å². The van der Waals surface area contributed by atoms with Crippen molar-refractivity contribution in [3.05, 3.63) is 69.8 Å². The maximum atomic E-state index is 10.6. The molecule has 0 radical (unpaired) electrons. The quantitative estimate of drug-likeness (QED) is 0.0957. The Kier molecular flexibility index (Phi) is 53.7. The van der Waals surface area contributed by atoms with Gasteiger partial charge < -0.3 is 28.4 Å². The number of nitrogens with zero attached hydrogens (tertiary/aromatic N) is 12. The van der Waals surface area contributed by atoms with Gasteiger partial charge in [0.05, 0.1) is 129 Å². The van der Waals surface area contributed by atoms with Crippen LogP contribution in [0.2, 0.25) is 0 Å². The monoisotopic (exact) mass is 1050 g/mol. The molecule has 394 valence electrons. The number of esters is 2. The van der Waals surface area contributed by atoms with Gasteiger partial charge in [-0.1, -0.05) is 47.4 Å². The van der Waals surface area contributed by atoms with Crippen molar-refractivity contribution in [3.63, 3.8) is 0 Å². The maximum Gasteiger partial charge on any atom is 0.321 e. The van der Waals surface area contributed by atoms with Crippen LogP contribution >= 0.6 is 0 Å². The fourth-order valence-corrected chi connectivity index (χ4v) is 4.01. The van der Waals surface area contributed by atoms with Crippen LogP contribution < -0.4 is 0 Å². The van der Waals surface area contributed by atoms with E-state index in [-0.39, 0.29) is 38.3 Å². The Labute approximate surface area is 462 Å². The molecule has 0 heterocycles. The van der Waals surface area contributed by atoms with Crippen molar-refractivity contribution in [1.29, 1.82) is 63.1 Å². The topological polar surface area (TPSA) is 375 Å². The number of carbonyl (C=O) groups excluding carboxylic acids is 2. The minimum absolute atomic E-state index is 0.156. The van der Waals surface area contributed by atoms with Crippen LogP contribution in [-0.4, -0.2) is 77.0 Å². The van der Waals surface area contributed by atoms with E-state index >= 15 is 0 Å². The summed E-state index contributed by atoms with van der Waals surface area (Å²) < 4.78 is 29.5. The molecule has 0 aliphatic rings. The SMILES string of the molecule is C#Cc1cc(C#N)ccc1C#N.C#Cc1ccc(C#N)c(C#N)c1.CC#CCC(C#N)C#N.CC(C#CC(C)OCCC#N)OCCC#N.N#CCC(=O)OCC#CCOC(=O)CC#N.N#CCCOCC#CCOCCC#N. The Morgan fingerprint density at radius 3 is 1.25 bits per heavy atom. The van der Waals surface area contributed by atoms with E-state index in [9.17, 15) is 9.59 Å². The highest BCUT2D eigenvalue weighted by Gasteiger charge is 2.03. The molecule has 0 bridgehead atoms. The molecule has 2 rings (SSSR count). The molecule has 0 aromatic heterocycles. The minimum atomic E-state index is -0.654. The molecule has 79 heavy (non-hydrogen) atoms. The summed E-state index contributed by atoms with van der Waals surface area (Å²) in [6.07, 6.45) is 11.1. The van der Waals surface area contributed by atoms with Crippen LogP contribution in [0.1, 0.15) is 99.1 Å². The smallest absolute Gasteiger partial charge is 0.321 e. The summed E-state index contributed by atoms with van der Waals surface area (Å²) in [6, 6.07) is 31.9. The van der Waals surface area contributed by atoms with Crippen LogP contribution in [0.5, 0.6) is 0 Å². The van der Waals surface area contributed by atoms with Crippen LogP contribution in [0, 0.1) is 214 Å². The van der Waals surface area contributed by atoms with Crippen LogP contribution in [0.25, 0.3) is 0 Å². The predicted octanol–water partition coefficient (Wildman–Crippen LogP) is 6.27. The van der Waals surface area contributed by atoms with Gasteiger partial charge >= 0.3 is 11.9 Å². The zero-order valence-electron chi connectivity index (χ0n) is 43.6. The molecule has 2 atom stereocenters. The van der Waals surface area contributed by atoms with Gasteiger partial charge in [0.2, 0.25) is 0 Å². The Morgan fingerprint density at radius 1 is 0.481 bits per heavy atom. The average Bonchev–Trinajstić information content (AvgIpc) is 3.47. The third-order valence-electron chi connectivity index (χ3n) is 7.67. The largest absolute Gasteiger partial charge is 0.452 e. The Morgan fingerprint density at radius 2 is 0.886 bits per heavy atom. The zero-order valence-corrected chi connectivity index (χ0v) is 43.6. The highest BCUT2D eigenvalue weighted by atomic mass is 16.5. The molecule has 0 fully saturated rings. The first-order valence-corrected chi connectivity index (χ1v) is 22.6. The van der Waals surface area contributed by atoms with Gasteiger partial charge in [0.25, 0.3) is 0 Å². The fraction of sp³-hybridized carbons (Fsp3) is 0.356. The van der Waals surface area contributed by atoms with Crippen molar-refractivity contribution in [2.45, 2.75) is 77.9 Å². The summed E-state index contributed by atoms with van der Waals surface area (Å²) in [6.45, 7) is 7.30. The Hall–Kier alpha value is -11.5. The molecule has 2 unspecified atom stereocenters. The van der Waals surface area contributed by atoms with Crippen LogP contribution in [-0.2, 0) is 38.0 Å².